The Kier molecular flexibility index (Phi) is 5.11. The molecule has 0 aliphatic heterocycles. The van der Waals surface area contributed by atoms with Crippen molar-refractivity contribution in [1.29, 1.82) is 0 Å². The normalized spacial score (nSPS) is 12.0. The van der Waals surface area contributed by atoms with Gasteiger partial charge in [-0.3, -0.25) is 0 Å². The fraction of sp³-hybridized carbons (Fsp3) is 0. The van der Waals surface area contributed by atoms with Crippen LogP contribution in [-0.2, 0) is 0 Å². The summed E-state index contributed by atoms with van der Waals surface area (Å²) in [6.07, 6.45) is 0. The molecule has 0 saturated carbocycles. The number of rotatable bonds is 3. The molecule has 0 unspecified atom stereocenters. The molecule has 4 heteroatoms. The van der Waals surface area contributed by atoms with Crippen LogP contribution in [0.2, 0.25) is 0 Å². The maximum atomic E-state index is 7.03. The average Bonchev–Trinajstić information content (AvgIpc) is 3.76. The summed E-state index contributed by atoms with van der Waals surface area (Å²) in [4.78, 5) is 0. The molecule has 0 aliphatic rings. The molecule has 0 atom stereocenters. The van der Waals surface area contributed by atoms with E-state index < -0.39 is 0 Å². The largest absolute Gasteiger partial charge is 0.455 e. The van der Waals surface area contributed by atoms with Gasteiger partial charge in [0.15, 0.2) is 0 Å². The third-order valence-corrected chi connectivity index (χ3v) is 9.45. The molecule has 2 N–H and O–H groups in total. The second-order valence-corrected chi connectivity index (χ2v) is 12.0. The molecule has 3 heterocycles. The van der Waals surface area contributed by atoms with Crippen molar-refractivity contribution in [2.75, 3.05) is 5.73 Å². The van der Waals surface area contributed by atoms with Crippen LogP contribution in [0.4, 0.5) is 5.69 Å². The highest BCUT2D eigenvalue weighted by molar-refractivity contribution is 6.25. The first-order valence-corrected chi connectivity index (χ1v) is 15.6. The monoisotopic (exact) mass is 589 g/mol. The third kappa shape index (κ3) is 3.38. The summed E-state index contributed by atoms with van der Waals surface area (Å²) in [7, 11) is 0. The molecule has 0 saturated heterocycles. The van der Waals surface area contributed by atoms with Gasteiger partial charge < -0.3 is 19.3 Å². The van der Waals surface area contributed by atoms with Crippen molar-refractivity contribution >= 4 is 71.2 Å². The van der Waals surface area contributed by atoms with E-state index in [0.717, 1.165) is 71.9 Å². The Hall–Kier alpha value is -6.26. The van der Waals surface area contributed by atoms with Crippen LogP contribution in [0.1, 0.15) is 0 Å². The van der Waals surface area contributed by atoms with Crippen molar-refractivity contribution in [2.45, 2.75) is 0 Å². The fourth-order valence-corrected chi connectivity index (χ4v) is 7.52. The summed E-state index contributed by atoms with van der Waals surface area (Å²) in [5.74, 6) is 0. The standard InChI is InChI=1S/C42H27N3O/c43-26-21-22-30(39(25-26)45-35-18-7-4-13-28(35)29-14-5-8-19-36(29)45)31-16-10-17-32-33-23-24-38-40(42(33)46-41(31)32)34-15-6-9-20-37(34)44(38)27-11-2-1-3-12-27/h1-25H,43H2. The molecular formula is C42H27N3O. The summed E-state index contributed by atoms with van der Waals surface area (Å²) >= 11 is 0. The molecule has 0 aliphatic carbocycles. The van der Waals surface area contributed by atoms with Gasteiger partial charge in [-0.05, 0) is 54.6 Å². The Morgan fingerprint density at radius 2 is 1.02 bits per heavy atom. The van der Waals surface area contributed by atoms with Gasteiger partial charge in [-0.25, -0.2) is 0 Å². The average molecular weight is 590 g/mol. The number of para-hydroxylation sites is 5. The number of furan rings is 1. The minimum absolute atomic E-state index is 0.716. The lowest BCUT2D eigenvalue weighted by Crippen LogP contribution is -1.99. The van der Waals surface area contributed by atoms with E-state index in [4.69, 9.17) is 10.2 Å². The Morgan fingerprint density at radius 1 is 0.413 bits per heavy atom. The maximum Gasteiger partial charge on any atom is 0.145 e. The lowest BCUT2D eigenvalue weighted by molar-refractivity contribution is 0.674. The van der Waals surface area contributed by atoms with E-state index in [1.807, 2.05) is 6.07 Å². The van der Waals surface area contributed by atoms with Gasteiger partial charge in [-0.1, -0.05) is 97.1 Å². The minimum Gasteiger partial charge on any atom is -0.455 e. The van der Waals surface area contributed by atoms with E-state index in [9.17, 15) is 0 Å². The molecule has 4 nitrogen and oxygen atoms in total. The first-order valence-electron chi connectivity index (χ1n) is 15.6. The highest BCUT2D eigenvalue weighted by Gasteiger charge is 2.22. The number of nitrogen functional groups attached to an aromatic ring is 1. The zero-order valence-electron chi connectivity index (χ0n) is 24.8. The Labute approximate surface area is 264 Å². The van der Waals surface area contributed by atoms with Gasteiger partial charge >= 0.3 is 0 Å². The molecule has 0 fully saturated rings. The van der Waals surface area contributed by atoms with Crippen LogP contribution < -0.4 is 5.73 Å². The van der Waals surface area contributed by atoms with E-state index in [2.05, 4.69) is 155 Å². The van der Waals surface area contributed by atoms with Gasteiger partial charge in [-0.2, -0.15) is 0 Å². The summed E-state index contributed by atoms with van der Waals surface area (Å²) in [5.41, 5.74) is 17.8. The topological polar surface area (TPSA) is 49.0 Å². The zero-order chi connectivity index (χ0) is 30.4. The van der Waals surface area contributed by atoms with Crippen LogP contribution in [0, 0.1) is 0 Å². The molecule has 0 radical (unpaired) electrons. The number of anilines is 1. The van der Waals surface area contributed by atoms with E-state index >= 15 is 0 Å². The van der Waals surface area contributed by atoms with Crippen LogP contribution in [0.15, 0.2) is 156 Å². The molecule has 7 aromatic carbocycles. The van der Waals surface area contributed by atoms with Crippen LogP contribution in [-0.4, -0.2) is 9.13 Å². The smallest absolute Gasteiger partial charge is 0.145 e. The van der Waals surface area contributed by atoms with E-state index in [0.29, 0.717) is 5.69 Å². The van der Waals surface area contributed by atoms with Crippen LogP contribution in [0.5, 0.6) is 0 Å². The summed E-state index contributed by atoms with van der Waals surface area (Å²) in [6.45, 7) is 0. The second-order valence-electron chi connectivity index (χ2n) is 12.0. The van der Waals surface area contributed by atoms with Crippen molar-refractivity contribution in [3.8, 4) is 22.5 Å². The molecule has 3 aromatic heterocycles. The van der Waals surface area contributed by atoms with Crippen molar-refractivity contribution in [2.24, 2.45) is 0 Å². The van der Waals surface area contributed by atoms with Gasteiger partial charge in [0, 0.05) is 49.4 Å². The second kappa shape index (κ2) is 9.37. The van der Waals surface area contributed by atoms with Crippen molar-refractivity contribution in [3.05, 3.63) is 152 Å². The quantitative estimate of drug-likeness (QED) is 0.208. The van der Waals surface area contributed by atoms with Gasteiger partial charge in [0.2, 0.25) is 0 Å². The number of aromatic nitrogens is 2. The Morgan fingerprint density at radius 3 is 1.76 bits per heavy atom. The predicted molar refractivity (Wildman–Crippen MR) is 192 cm³/mol. The highest BCUT2D eigenvalue weighted by Crippen LogP contribution is 2.44. The summed E-state index contributed by atoms with van der Waals surface area (Å²) in [6, 6.07) is 53.4. The lowest BCUT2D eigenvalue weighted by Gasteiger charge is -2.15. The number of hydrogen-bond acceptors (Lipinski definition) is 2. The van der Waals surface area contributed by atoms with Crippen molar-refractivity contribution in [3.63, 3.8) is 0 Å². The number of nitrogens with zero attached hydrogens (tertiary/aromatic N) is 2. The SMILES string of the molecule is Nc1ccc(-c2cccc3c2oc2c3ccc3c2c2ccccc2n3-c2ccccc2)c(-n2c3ccccc3c3ccccc32)c1. The molecule has 10 rings (SSSR count). The lowest BCUT2D eigenvalue weighted by atomic mass is 9.99. The molecule has 0 bridgehead atoms. The maximum absolute atomic E-state index is 7.03. The Bertz CT molecular complexity index is 2760. The predicted octanol–water partition coefficient (Wildman–Crippen LogP) is 11.0. The molecule has 46 heavy (non-hydrogen) atoms. The first-order chi connectivity index (χ1) is 22.8. The summed E-state index contributed by atoms with van der Waals surface area (Å²) in [5, 5.41) is 6.92. The fourth-order valence-electron chi connectivity index (χ4n) is 7.52. The van der Waals surface area contributed by atoms with Gasteiger partial charge in [-0.15, -0.1) is 0 Å². The molecule has 0 amide bonds. The van der Waals surface area contributed by atoms with Crippen LogP contribution in [0.3, 0.4) is 0 Å². The molecule has 0 spiro atoms. The van der Waals surface area contributed by atoms with Crippen LogP contribution >= 0.6 is 0 Å². The van der Waals surface area contributed by atoms with E-state index in [1.165, 1.54) is 16.2 Å². The Balaban J connectivity index is 1.30. The summed E-state index contributed by atoms with van der Waals surface area (Å²) < 4.78 is 11.7. The molecule has 10 aromatic rings. The number of fused-ring (bicyclic) bond motifs is 10. The van der Waals surface area contributed by atoms with Gasteiger partial charge in [0.1, 0.15) is 11.2 Å². The number of hydrogen-bond donors (Lipinski definition) is 1. The molecule has 216 valence electrons. The third-order valence-electron chi connectivity index (χ3n) is 9.45. The minimum atomic E-state index is 0.716. The number of benzene rings is 7. The highest BCUT2D eigenvalue weighted by atomic mass is 16.3. The van der Waals surface area contributed by atoms with Gasteiger partial charge in [0.25, 0.3) is 0 Å². The van der Waals surface area contributed by atoms with Crippen LogP contribution in [0.25, 0.3) is 88.1 Å². The van der Waals surface area contributed by atoms with Gasteiger partial charge in [0.05, 0.1) is 33.1 Å². The molecular weight excluding hydrogens is 562 g/mol. The number of nitrogens with two attached hydrogens (primary N) is 1. The van der Waals surface area contributed by atoms with Crippen molar-refractivity contribution in [1.82, 2.24) is 9.13 Å². The van der Waals surface area contributed by atoms with E-state index in [-0.39, 0.29) is 0 Å². The van der Waals surface area contributed by atoms with Crippen molar-refractivity contribution < 1.29 is 4.42 Å². The first kappa shape index (κ1) is 25.1. The zero-order valence-corrected chi connectivity index (χ0v) is 24.8. The van der Waals surface area contributed by atoms with E-state index in [1.54, 1.807) is 0 Å².